The van der Waals surface area contributed by atoms with Crippen molar-refractivity contribution < 1.29 is 15.0 Å². The smallest absolute Gasteiger partial charge is 0 e. The van der Waals surface area contributed by atoms with Crippen LogP contribution in [0.4, 0.5) is 4.79 Å². The van der Waals surface area contributed by atoms with Crippen molar-refractivity contribution in [2.75, 3.05) is 0 Å². The number of rotatable bonds is 0. The summed E-state index contributed by atoms with van der Waals surface area (Å²) < 4.78 is 0. The van der Waals surface area contributed by atoms with E-state index in [1.165, 1.54) is 0 Å². The predicted octanol–water partition coefficient (Wildman–Crippen LogP) is -0.907. The van der Waals surface area contributed by atoms with Gasteiger partial charge in [0.05, 0.1) is 0 Å². The van der Waals surface area contributed by atoms with Crippen LogP contribution in [0.5, 0.6) is 0 Å². The van der Waals surface area contributed by atoms with Gasteiger partial charge in [0.2, 0.25) is 0 Å². The van der Waals surface area contributed by atoms with Gasteiger partial charge in [-0.15, -0.1) is 0 Å². The van der Waals surface area contributed by atoms with Crippen molar-refractivity contribution >= 4 is 57.5 Å². The maximum absolute atomic E-state index is 8.56. The zero-order chi connectivity index (χ0) is 3.58. The quantitative estimate of drug-likeness (QED) is 0.402. The third-order valence-corrected chi connectivity index (χ3v) is 0. The number of carbonyl (C=O) groups is 1. The maximum atomic E-state index is 8.56. The second-order valence-corrected chi connectivity index (χ2v) is 0.283. The molecule has 6 heavy (non-hydrogen) atoms. The standard InChI is InChI=1S/CH2O3.K.N.H/c2-1(3)4;;;/h(H2,2,3,4);;;. The summed E-state index contributed by atoms with van der Waals surface area (Å²) in [5, 5.41) is 13.9. The van der Waals surface area contributed by atoms with Crippen molar-refractivity contribution in [2.24, 2.45) is 0 Å². The molecule has 0 saturated heterocycles. The van der Waals surface area contributed by atoms with Crippen molar-refractivity contribution in [1.82, 2.24) is 6.15 Å². The van der Waals surface area contributed by atoms with Crippen LogP contribution in [-0.2, 0) is 0 Å². The maximum Gasteiger partial charge on any atom is 0 e. The van der Waals surface area contributed by atoms with E-state index in [4.69, 9.17) is 15.0 Å². The van der Waals surface area contributed by atoms with E-state index in [-0.39, 0.29) is 57.5 Å². The van der Waals surface area contributed by atoms with Gasteiger partial charge in [0.25, 0.3) is 0 Å². The molecule has 0 atom stereocenters. The minimum Gasteiger partial charge on any atom is 0 e. The van der Waals surface area contributed by atoms with Gasteiger partial charge in [-0.05, 0) is 0 Å². The molecule has 2 N–H and O–H groups in total. The van der Waals surface area contributed by atoms with Crippen LogP contribution in [-0.4, -0.2) is 67.8 Å². The fourth-order valence-electron chi connectivity index (χ4n) is 0. The molecule has 0 saturated carbocycles. The van der Waals surface area contributed by atoms with E-state index in [1.807, 2.05) is 0 Å². The molecule has 0 bridgehead atoms. The number of hydrogen-bond acceptors (Lipinski definition) is 1. The zero-order valence-electron chi connectivity index (χ0n) is 2.25. The summed E-state index contributed by atoms with van der Waals surface area (Å²) in [6.45, 7) is 0. The first-order valence-corrected chi connectivity index (χ1v) is 0.651. The Balaban J connectivity index is -0.0000000450. The number of nitrogens with zero attached hydrogens (tertiary/aromatic N) is 1. The predicted molar refractivity (Wildman–Crippen MR) is 19.9 cm³/mol. The molecule has 0 aliphatic carbocycles. The largest absolute Gasteiger partial charge is 0 e. The third-order valence-electron chi connectivity index (χ3n) is 0. The zero-order valence-corrected chi connectivity index (χ0v) is 2.25. The summed E-state index contributed by atoms with van der Waals surface area (Å²) >= 11 is 0. The third kappa shape index (κ3) is 96.9. The van der Waals surface area contributed by atoms with Gasteiger partial charge in [-0.25, -0.2) is 4.79 Å². The van der Waals surface area contributed by atoms with Gasteiger partial charge in [0, 0.05) is 6.15 Å². The molecule has 31 valence electrons. The molecule has 0 heterocycles. The summed E-state index contributed by atoms with van der Waals surface area (Å²) in [5.74, 6) is 0. The molecule has 0 aromatic rings. The Bertz CT molecular complexity index is 33.8. The topological polar surface area (TPSA) is 88.0 Å². The second kappa shape index (κ2) is 9.29. The summed E-state index contributed by atoms with van der Waals surface area (Å²) in [6.07, 6.45) is -1.83. The van der Waals surface area contributed by atoms with E-state index in [1.54, 1.807) is 0 Å². The van der Waals surface area contributed by atoms with Crippen LogP contribution in [0.25, 0.3) is 0 Å². The summed E-state index contributed by atoms with van der Waals surface area (Å²) in [7, 11) is 0. The van der Waals surface area contributed by atoms with Crippen LogP contribution < -0.4 is 6.15 Å². The monoisotopic (exact) mass is 116 g/mol. The van der Waals surface area contributed by atoms with E-state index in [2.05, 4.69) is 0 Å². The van der Waals surface area contributed by atoms with Gasteiger partial charge >= 0.3 is 57.5 Å². The average molecular weight is 116 g/mol. The van der Waals surface area contributed by atoms with Crippen molar-refractivity contribution in [3.63, 3.8) is 0 Å². The molecule has 0 fully saturated rings. The van der Waals surface area contributed by atoms with Gasteiger partial charge < -0.3 is 10.2 Å². The summed E-state index contributed by atoms with van der Waals surface area (Å²) in [5.41, 5.74) is 0. The van der Waals surface area contributed by atoms with E-state index >= 15 is 0 Å². The normalized spacial score (nSPS) is 4.00. The van der Waals surface area contributed by atoms with Crippen molar-refractivity contribution in [3.05, 3.63) is 0 Å². The van der Waals surface area contributed by atoms with Crippen LogP contribution in [0.15, 0.2) is 0 Å². The molecular formula is CH3KNO3. The molecule has 0 spiro atoms. The fraction of sp³-hybridized carbons (Fsp3) is 0. The molecule has 0 aliphatic heterocycles. The molecule has 4 nitrogen and oxygen atoms in total. The van der Waals surface area contributed by atoms with Crippen molar-refractivity contribution in [2.45, 2.75) is 0 Å². The molecule has 0 aromatic carbocycles. The van der Waals surface area contributed by atoms with Crippen LogP contribution >= 0.6 is 0 Å². The average Bonchev–Trinajstić information content (AvgIpc) is 0.811. The summed E-state index contributed by atoms with van der Waals surface area (Å²) in [6, 6.07) is 0. The van der Waals surface area contributed by atoms with E-state index in [9.17, 15) is 0 Å². The van der Waals surface area contributed by atoms with E-state index in [0.29, 0.717) is 0 Å². The van der Waals surface area contributed by atoms with Crippen LogP contribution in [0.2, 0.25) is 0 Å². The van der Waals surface area contributed by atoms with Crippen LogP contribution in [0.1, 0.15) is 0 Å². The van der Waals surface area contributed by atoms with Gasteiger partial charge in [0.1, 0.15) is 0 Å². The molecule has 0 rings (SSSR count). The Hall–Kier alpha value is 0.866. The Morgan fingerprint density at radius 3 is 1.33 bits per heavy atom. The Morgan fingerprint density at radius 1 is 1.33 bits per heavy atom. The minimum absolute atomic E-state index is 0. The van der Waals surface area contributed by atoms with Crippen molar-refractivity contribution in [3.8, 4) is 0 Å². The Labute approximate surface area is 77.5 Å². The first-order valence-electron chi connectivity index (χ1n) is 0.651. The fourth-order valence-corrected chi connectivity index (χ4v) is 0. The molecule has 0 unspecified atom stereocenters. The first-order chi connectivity index (χ1) is 1.73. The van der Waals surface area contributed by atoms with Gasteiger partial charge in [-0.2, -0.15) is 0 Å². The Morgan fingerprint density at radius 2 is 1.33 bits per heavy atom. The second-order valence-electron chi connectivity index (χ2n) is 0.283. The van der Waals surface area contributed by atoms with Crippen molar-refractivity contribution in [1.29, 1.82) is 0 Å². The molecule has 3 radical (unpaired) electrons. The van der Waals surface area contributed by atoms with Crippen LogP contribution in [0.3, 0.4) is 0 Å². The number of carboxylic acid groups (broad SMARTS) is 2. The molecule has 5 heteroatoms. The molecule has 0 amide bonds. The molecule has 0 aromatic heterocycles. The first kappa shape index (κ1) is 15.8. The summed E-state index contributed by atoms with van der Waals surface area (Å²) in [4.78, 5) is 8.56. The van der Waals surface area contributed by atoms with Gasteiger partial charge in [0.15, 0.2) is 0 Å². The number of hydrogen-bond donors (Lipinski definition) is 2. The van der Waals surface area contributed by atoms with Gasteiger partial charge in [-0.3, -0.25) is 0 Å². The van der Waals surface area contributed by atoms with E-state index in [0.717, 1.165) is 0 Å². The molecule has 0 aliphatic rings. The SMILES string of the molecule is O=C(O)O.[KH].[N]. The Kier molecular flexibility index (Phi) is 24.5. The molecular weight excluding hydrogens is 113 g/mol. The van der Waals surface area contributed by atoms with Gasteiger partial charge in [-0.1, -0.05) is 0 Å². The van der Waals surface area contributed by atoms with Crippen LogP contribution in [0, 0.1) is 0 Å². The van der Waals surface area contributed by atoms with E-state index < -0.39 is 6.16 Å². The minimum atomic E-state index is -1.83.